The molecule has 0 bridgehead atoms. The molecule has 2 aromatic rings. The first-order valence-electron chi connectivity index (χ1n) is 5.83. The van der Waals surface area contributed by atoms with Crippen LogP contribution in [0.1, 0.15) is 11.1 Å². The first-order chi connectivity index (χ1) is 9.96. The quantitative estimate of drug-likeness (QED) is 0.746. The van der Waals surface area contributed by atoms with Gasteiger partial charge in [-0.25, -0.2) is 8.42 Å². The summed E-state index contributed by atoms with van der Waals surface area (Å²) < 4.78 is 27.8. The summed E-state index contributed by atoms with van der Waals surface area (Å²) in [6, 6.07) is 13.3. The Morgan fingerprint density at radius 2 is 1.81 bits per heavy atom. The second-order valence-corrected chi connectivity index (χ2v) is 7.34. The van der Waals surface area contributed by atoms with Crippen LogP contribution in [-0.2, 0) is 15.4 Å². The fourth-order valence-electron chi connectivity index (χ4n) is 1.66. The van der Waals surface area contributed by atoms with Crippen molar-refractivity contribution in [1.82, 2.24) is 0 Å². The minimum atomic E-state index is -3.72. The van der Waals surface area contributed by atoms with Gasteiger partial charge in [0.25, 0.3) is 10.0 Å². The summed E-state index contributed by atoms with van der Waals surface area (Å²) in [6.45, 7) is 0. The number of nitrogens with zero attached hydrogens (tertiary/aromatic N) is 1. The third-order valence-corrected chi connectivity index (χ3v) is 5.26. The summed E-state index contributed by atoms with van der Waals surface area (Å²) in [7, 11) is -3.72. The molecular formula is C14H10Br2N2O2S. The number of hydrogen-bond acceptors (Lipinski definition) is 3. The Bertz CT molecular complexity index is 797. The number of sulfonamides is 1. The van der Waals surface area contributed by atoms with E-state index in [4.69, 9.17) is 5.26 Å². The van der Waals surface area contributed by atoms with Crippen molar-refractivity contribution in [1.29, 1.82) is 5.26 Å². The van der Waals surface area contributed by atoms with E-state index < -0.39 is 10.0 Å². The smallest absolute Gasteiger partial charge is 0.261 e. The molecule has 0 spiro atoms. The summed E-state index contributed by atoms with van der Waals surface area (Å²) >= 11 is 6.55. The number of nitriles is 1. The monoisotopic (exact) mass is 428 g/mol. The molecule has 21 heavy (non-hydrogen) atoms. The number of nitrogens with one attached hydrogen (secondary N) is 1. The molecular weight excluding hydrogens is 420 g/mol. The lowest BCUT2D eigenvalue weighted by Gasteiger charge is -2.10. The van der Waals surface area contributed by atoms with Crippen molar-refractivity contribution < 1.29 is 8.42 Å². The van der Waals surface area contributed by atoms with Crippen LogP contribution in [0.3, 0.4) is 0 Å². The molecule has 2 aromatic carbocycles. The lowest BCUT2D eigenvalue weighted by atomic mass is 10.2. The van der Waals surface area contributed by atoms with Crippen molar-refractivity contribution in [2.45, 2.75) is 10.2 Å². The van der Waals surface area contributed by atoms with Crippen molar-refractivity contribution in [2.24, 2.45) is 0 Å². The average Bonchev–Trinajstić information content (AvgIpc) is 2.49. The van der Waals surface area contributed by atoms with Gasteiger partial charge in [-0.1, -0.05) is 44.0 Å². The molecule has 0 amide bonds. The van der Waals surface area contributed by atoms with Gasteiger partial charge >= 0.3 is 0 Å². The van der Waals surface area contributed by atoms with Crippen LogP contribution in [0, 0.1) is 11.3 Å². The van der Waals surface area contributed by atoms with E-state index in [1.54, 1.807) is 30.3 Å². The zero-order chi connectivity index (χ0) is 15.5. The van der Waals surface area contributed by atoms with Crippen molar-refractivity contribution in [3.8, 4) is 6.07 Å². The van der Waals surface area contributed by atoms with Gasteiger partial charge in [0, 0.05) is 9.80 Å². The van der Waals surface area contributed by atoms with Crippen LogP contribution < -0.4 is 4.72 Å². The van der Waals surface area contributed by atoms with Gasteiger partial charge in [0.05, 0.1) is 16.1 Å². The van der Waals surface area contributed by atoms with E-state index in [1.807, 2.05) is 6.07 Å². The van der Waals surface area contributed by atoms with E-state index in [1.165, 1.54) is 12.1 Å². The van der Waals surface area contributed by atoms with Gasteiger partial charge in [0.15, 0.2) is 0 Å². The highest BCUT2D eigenvalue weighted by Gasteiger charge is 2.16. The number of halogens is 2. The van der Waals surface area contributed by atoms with Crippen molar-refractivity contribution in [3.63, 3.8) is 0 Å². The summed E-state index contributed by atoms with van der Waals surface area (Å²) in [6.07, 6.45) is 0. The largest absolute Gasteiger partial charge is 0.278 e. The first-order valence-corrected chi connectivity index (χ1v) is 9.23. The van der Waals surface area contributed by atoms with Gasteiger partial charge in [-0.15, -0.1) is 0 Å². The van der Waals surface area contributed by atoms with Crippen LogP contribution in [0.25, 0.3) is 0 Å². The molecule has 4 nitrogen and oxygen atoms in total. The fourth-order valence-corrected chi connectivity index (χ4v) is 3.47. The molecule has 0 saturated carbocycles. The van der Waals surface area contributed by atoms with Gasteiger partial charge in [0.2, 0.25) is 0 Å². The van der Waals surface area contributed by atoms with Crippen LogP contribution in [0.4, 0.5) is 5.69 Å². The normalized spacial score (nSPS) is 10.9. The Morgan fingerprint density at radius 3 is 2.38 bits per heavy atom. The molecule has 0 aliphatic rings. The lowest BCUT2D eigenvalue weighted by Crippen LogP contribution is -2.13. The van der Waals surface area contributed by atoms with Crippen molar-refractivity contribution in [2.75, 3.05) is 4.72 Å². The maximum Gasteiger partial charge on any atom is 0.261 e. The van der Waals surface area contributed by atoms with Gasteiger partial charge in [-0.05, 0) is 35.9 Å². The molecule has 0 atom stereocenters. The van der Waals surface area contributed by atoms with Gasteiger partial charge in [-0.2, -0.15) is 5.26 Å². The predicted molar refractivity (Wildman–Crippen MR) is 88.7 cm³/mol. The molecule has 0 unspecified atom stereocenters. The Balaban J connectivity index is 2.35. The first kappa shape index (κ1) is 16.0. The summed E-state index contributed by atoms with van der Waals surface area (Å²) in [5.41, 5.74) is 1.49. The zero-order valence-corrected chi connectivity index (χ0v) is 14.7. The third kappa shape index (κ3) is 3.84. The molecule has 2 rings (SSSR count). The van der Waals surface area contributed by atoms with E-state index in [0.717, 1.165) is 5.56 Å². The number of alkyl halides is 1. The van der Waals surface area contributed by atoms with Gasteiger partial charge in [-0.3, -0.25) is 4.72 Å². The topological polar surface area (TPSA) is 70.0 Å². The maximum atomic E-state index is 12.3. The number of rotatable bonds is 4. The Kier molecular flexibility index (Phi) is 5.04. The highest BCUT2D eigenvalue weighted by Crippen LogP contribution is 2.23. The summed E-state index contributed by atoms with van der Waals surface area (Å²) in [5.74, 6) is 0. The van der Waals surface area contributed by atoms with E-state index in [0.29, 0.717) is 9.80 Å². The van der Waals surface area contributed by atoms with Crippen LogP contribution in [0.15, 0.2) is 51.8 Å². The minimum Gasteiger partial charge on any atom is -0.278 e. The summed E-state index contributed by atoms with van der Waals surface area (Å²) in [5, 5.41) is 9.73. The van der Waals surface area contributed by atoms with Crippen molar-refractivity contribution >= 4 is 47.6 Å². The molecule has 1 N–H and O–H groups in total. The highest BCUT2D eigenvalue weighted by molar-refractivity contribution is 9.10. The van der Waals surface area contributed by atoms with E-state index in [-0.39, 0.29) is 16.1 Å². The SMILES string of the molecule is N#Cc1cc(Br)ccc1NS(=O)(=O)c1ccc(CBr)cc1. The molecule has 0 aromatic heterocycles. The Hall–Kier alpha value is -1.36. The highest BCUT2D eigenvalue weighted by atomic mass is 79.9. The molecule has 0 aliphatic heterocycles. The number of benzene rings is 2. The van der Waals surface area contributed by atoms with Crippen LogP contribution in [0.5, 0.6) is 0 Å². The lowest BCUT2D eigenvalue weighted by molar-refractivity contribution is 0.601. The fraction of sp³-hybridized carbons (Fsp3) is 0.0714. The van der Waals surface area contributed by atoms with Crippen molar-refractivity contribution in [3.05, 3.63) is 58.1 Å². The Morgan fingerprint density at radius 1 is 1.14 bits per heavy atom. The number of hydrogen-bond donors (Lipinski definition) is 1. The molecule has 108 valence electrons. The predicted octanol–water partition coefficient (Wildman–Crippen LogP) is 4.02. The molecule has 0 saturated heterocycles. The Labute approximate surface area is 140 Å². The standard InChI is InChI=1S/C14H10Br2N2O2S/c15-8-10-1-4-13(5-2-10)21(19,20)18-14-6-3-12(16)7-11(14)9-17/h1-7,18H,8H2. The molecule has 0 radical (unpaired) electrons. The second-order valence-electron chi connectivity index (χ2n) is 4.18. The number of anilines is 1. The van der Waals surface area contributed by atoms with E-state index in [2.05, 4.69) is 36.6 Å². The maximum absolute atomic E-state index is 12.3. The second kappa shape index (κ2) is 6.60. The van der Waals surface area contributed by atoms with Crippen LogP contribution in [-0.4, -0.2) is 8.42 Å². The summed E-state index contributed by atoms with van der Waals surface area (Å²) in [4.78, 5) is 0.152. The van der Waals surface area contributed by atoms with Gasteiger partial charge < -0.3 is 0 Å². The molecule has 0 heterocycles. The van der Waals surface area contributed by atoms with Crippen LogP contribution >= 0.6 is 31.9 Å². The molecule has 7 heteroatoms. The third-order valence-electron chi connectivity index (χ3n) is 2.73. The minimum absolute atomic E-state index is 0.152. The molecule has 0 aliphatic carbocycles. The molecule has 0 fully saturated rings. The average molecular weight is 430 g/mol. The zero-order valence-electron chi connectivity index (χ0n) is 10.7. The van der Waals surface area contributed by atoms with E-state index in [9.17, 15) is 8.42 Å². The van der Waals surface area contributed by atoms with Crippen LogP contribution in [0.2, 0.25) is 0 Å². The van der Waals surface area contributed by atoms with E-state index >= 15 is 0 Å². The van der Waals surface area contributed by atoms with Gasteiger partial charge in [0.1, 0.15) is 6.07 Å².